The second kappa shape index (κ2) is 15.3. The van der Waals surface area contributed by atoms with E-state index in [1.165, 1.54) is 0 Å². The molecule has 8 heteroatoms. The molecule has 0 N–H and O–H groups in total. The molecule has 8 nitrogen and oxygen atoms in total. The zero-order chi connectivity index (χ0) is 37.7. The number of tetrazole rings is 1. The highest BCUT2D eigenvalue weighted by molar-refractivity contribution is 6.00. The van der Waals surface area contributed by atoms with E-state index in [0.29, 0.717) is 24.5 Å². The van der Waals surface area contributed by atoms with Gasteiger partial charge in [-0.1, -0.05) is 174 Å². The molecule has 2 heterocycles. The predicted molar refractivity (Wildman–Crippen MR) is 212 cm³/mol. The molecule has 0 atom stereocenters. The molecule has 268 valence electrons. The minimum atomic E-state index is -0.885. The molecule has 0 aliphatic heterocycles. The normalized spacial score (nSPS) is 11.7. The van der Waals surface area contributed by atoms with Gasteiger partial charge in [-0.3, -0.25) is 4.79 Å². The molecule has 0 radical (unpaired) electrons. The number of carbonyl (C=O) groups is 1. The predicted octanol–water partition coefficient (Wildman–Crippen LogP) is 9.54. The Morgan fingerprint density at radius 1 is 0.722 bits per heavy atom. The Hall–Kier alpha value is -6.46. The summed E-state index contributed by atoms with van der Waals surface area (Å²) in [6, 6.07) is 49.9. The van der Waals surface area contributed by atoms with E-state index in [0.717, 1.165) is 57.6 Å². The number of nitriles is 1. The number of nitrogens with zero attached hydrogens (tertiary/aromatic N) is 7. The number of aromatic nitrogens is 6. The first kappa shape index (κ1) is 35.9. The number of unbranched alkanes of at least 4 members (excludes halogenated alkanes) is 1. The van der Waals surface area contributed by atoms with E-state index >= 15 is 0 Å². The van der Waals surface area contributed by atoms with E-state index < -0.39 is 11.0 Å². The summed E-state index contributed by atoms with van der Waals surface area (Å²) in [5.41, 5.74) is 5.98. The van der Waals surface area contributed by atoms with Gasteiger partial charge in [-0.25, -0.2) is 9.67 Å². The number of benzene rings is 5. The second-order valence-corrected chi connectivity index (χ2v) is 14.6. The Labute approximate surface area is 316 Å². The topological polar surface area (TPSA) is 102 Å². The van der Waals surface area contributed by atoms with Crippen LogP contribution in [0.25, 0.3) is 22.5 Å². The van der Waals surface area contributed by atoms with Crippen molar-refractivity contribution in [1.82, 2.24) is 29.8 Å². The van der Waals surface area contributed by atoms with Gasteiger partial charge in [0.25, 0.3) is 0 Å². The van der Waals surface area contributed by atoms with Gasteiger partial charge in [0.15, 0.2) is 17.3 Å². The molecule has 5 aromatic carbocycles. The quantitative estimate of drug-likeness (QED) is 0.0925. The number of carbonyl (C=O) groups excluding carboxylic acids is 1. The van der Waals surface area contributed by atoms with Crippen molar-refractivity contribution in [3.63, 3.8) is 0 Å². The minimum Gasteiger partial charge on any atom is -0.320 e. The Bertz CT molecular complexity index is 2300. The van der Waals surface area contributed by atoms with Crippen LogP contribution in [0.3, 0.4) is 0 Å². The highest BCUT2D eigenvalue weighted by Crippen LogP contribution is 2.43. The van der Waals surface area contributed by atoms with Crippen molar-refractivity contribution in [2.75, 3.05) is 0 Å². The average Bonchev–Trinajstić information content (AvgIpc) is 3.83. The van der Waals surface area contributed by atoms with E-state index in [9.17, 15) is 10.1 Å². The van der Waals surface area contributed by atoms with Gasteiger partial charge in [0, 0.05) is 23.9 Å². The molecule has 0 aliphatic carbocycles. The SMILES string of the molecule is CCCCc1nc(C#N)c(C(=O)C(C)(C)C)n1Cc1ccc(-c2ccccc2-c2nnnn2C(c2ccccc2)(c2ccccc2)c2ccccc2)cc1. The van der Waals surface area contributed by atoms with Crippen molar-refractivity contribution in [3.05, 3.63) is 179 Å². The summed E-state index contributed by atoms with van der Waals surface area (Å²) < 4.78 is 3.91. The van der Waals surface area contributed by atoms with Crippen LogP contribution in [-0.2, 0) is 18.5 Å². The molecule has 7 rings (SSSR count). The van der Waals surface area contributed by atoms with E-state index in [1.54, 1.807) is 0 Å². The van der Waals surface area contributed by atoms with Crippen LogP contribution in [0, 0.1) is 16.7 Å². The lowest BCUT2D eigenvalue weighted by molar-refractivity contribution is 0.0848. The van der Waals surface area contributed by atoms with Gasteiger partial charge in [-0.2, -0.15) is 5.26 Å². The number of imidazole rings is 1. The molecule has 0 amide bonds. The summed E-state index contributed by atoms with van der Waals surface area (Å²) >= 11 is 0. The van der Waals surface area contributed by atoms with Crippen molar-refractivity contribution < 1.29 is 4.79 Å². The third-order valence-corrected chi connectivity index (χ3v) is 9.94. The zero-order valence-corrected chi connectivity index (χ0v) is 31.1. The number of aryl methyl sites for hydroxylation is 1. The Morgan fingerprint density at radius 2 is 1.26 bits per heavy atom. The van der Waals surface area contributed by atoms with Crippen molar-refractivity contribution in [2.24, 2.45) is 5.41 Å². The summed E-state index contributed by atoms with van der Waals surface area (Å²) in [6.45, 7) is 8.20. The number of hydrogen-bond donors (Lipinski definition) is 0. The number of hydrogen-bond acceptors (Lipinski definition) is 6. The molecule has 7 aromatic rings. The fraction of sp³-hybridized carbons (Fsp3) is 0.217. The second-order valence-electron chi connectivity index (χ2n) is 14.6. The smallest absolute Gasteiger partial charge is 0.187 e. The van der Waals surface area contributed by atoms with Crippen LogP contribution in [-0.4, -0.2) is 35.5 Å². The maximum atomic E-state index is 13.7. The Balaban J connectivity index is 1.33. The summed E-state index contributed by atoms with van der Waals surface area (Å²) in [5.74, 6) is 1.30. The lowest BCUT2D eigenvalue weighted by Gasteiger charge is -2.36. The summed E-state index contributed by atoms with van der Waals surface area (Å²) in [6.07, 6.45) is 2.59. The standard InChI is InChI=1S/C46H43N7O/c1-5-6-26-41-48-40(31-47)42(43(54)45(2,3)4)52(41)32-33-27-29-34(30-28-33)38-24-16-17-25-39(38)44-49-50-51-53(44)46(35-18-10-7-11-19-35,36-20-12-8-13-21-36)37-22-14-9-15-23-37/h7-25,27-30H,5-6,26,32H2,1-4H3. The molecular formula is C46H43N7O. The number of Topliss-reactive ketones (excluding diaryl/α,β-unsaturated/α-hetero) is 1. The third kappa shape index (κ3) is 6.65. The number of ketones is 1. The maximum Gasteiger partial charge on any atom is 0.187 e. The minimum absolute atomic E-state index is 0.0878. The summed E-state index contributed by atoms with van der Waals surface area (Å²) in [5, 5.41) is 23.8. The molecule has 0 fully saturated rings. The molecule has 0 aliphatic rings. The van der Waals surface area contributed by atoms with Gasteiger partial charge >= 0.3 is 0 Å². The molecule has 0 saturated heterocycles. The molecular weight excluding hydrogens is 667 g/mol. The van der Waals surface area contributed by atoms with Crippen LogP contribution in [0.4, 0.5) is 0 Å². The van der Waals surface area contributed by atoms with Gasteiger partial charge in [-0.05, 0) is 50.2 Å². The van der Waals surface area contributed by atoms with E-state index in [2.05, 4.69) is 132 Å². The van der Waals surface area contributed by atoms with Gasteiger partial charge in [0.05, 0.1) is 0 Å². The average molecular weight is 710 g/mol. The molecule has 2 aromatic heterocycles. The van der Waals surface area contributed by atoms with E-state index in [-0.39, 0.29) is 11.5 Å². The van der Waals surface area contributed by atoms with E-state index in [4.69, 9.17) is 10.3 Å². The van der Waals surface area contributed by atoms with Crippen LogP contribution >= 0.6 is 0 Å². The van der Waals surface area contributed by atoms with Crippen molar-refractivity contribution in [1.29, 1.82) is 5.26 Å². The Morgan fingerprint density at radius 3 is 1.78 bits per heavy atom. The van der Waals surface area contributed by atoms with Crippen LogP contribution in [0.2, 0.25) is 0 Å². The molecule has 0 saturated carbocycles. The Kier molecular flexibility index (Phi) is 10.1. The zero-order valence-electron chi connectivity index (χ0n) is 31.1. The first-order valence-electron chi connectivity index (χ1n) is 18.5. The first-order valence-corrected chi connectivity index (χ1v) is 18.5. The first-order chi connectivity index (χ1) is 26.3. The lowest BCUT2D eigenvalue weighted by Crippen LogP contribution is -2.39. The lowest BCUT2D eigenvalue weighted by atomic mass is 9.77. The van der Waals surface area contributed by atoms with Crippen LogP contribution in [0.1, 0.15) is 84.8 Å². The van der Waals surface area contributed by atoms with Crippen molar-refractivity contribution in [2.45, 2.75) is 59.0 Å². The van der Waals surface area contributed by atoms with Gasteiger partial charge in [0.2, 0.25) is 0 Å². The molecule has 0 bridgehead atoms. The largest absolute Gasteiger partial charge is 0.320 e. The van der Waals surface area contributed by atoms with E-state index in [1.807, 2.05) is 60.4 Å². The summed E-state index contributed by atoms with van der Waals surface area (Å²) in [7, 11) is 0. The monoisotopic (exact) mass is 709 g/mol. The van der Waals surface area contributed by atoms with Crippen molar-refractivity contribution in [3.8, 4) is 28.6 Å². The summed E-state index contributed by atoms with van der Waals surface area (Å²) in [4.78, 5) is 18.3. The molecule has 0 unspecified atom stereocenters. The fourth-order valence-corrected chi connectivity index (χ4v) is 7.25. The molecule has 0 spiro atoms. The van der Waals surface area contributed by atoms with Crippen LogP contribution in [0.15, 0.2) is 140 Å². The highest BCUT2D eigenvalue weighted by atomic mass is 16.1. The third-order valence-electron chi connectivity index (χ3n) is 9.94. The van der Waals surface area contributed by atoms with Gasteiger partial charge < -0.3 is 4.57 Å². The van der Waals surface area contributed by atoms with Crippen LogP contribution in [0.5, 0.6) is 0 Å². The maximum absolute atomic E-state index is 13.7. The highest BCUT2D eigenvalue weighted by Gasteiger charge is 2.42. The van der Waals surface area contributed by atoms with Gasteiger partial charge in [-0.15, -0.1) is 5.10 Å². The van der Waals surface area contributed by atoms with Crippen LogP contribution < -0.4 is 0 Å². The van der Waals surface area contributed by atoms with Crippen molar-refractivity contribution >= 4 is 5.78 Å². The molecule has 54 heavy (non-hydrogen) atoms. The number of rotatable bonds is 12. The van der Waals surface area contributed by atoms with Gasteiger partial charge in [0.1, 0.15) is 23.1 Å². The fourth-order valence-electron chi connectivity index (χ4n) is 7.25.